The van der Waals surface area contributed by atoms with Crippen LogP contribution in [0.25, 0.3) is 11.3 Å². The summed E-state index contributed by atoms with van der Waals surface area (Å²) in [5.74, 6) is -1.52. The molecule has 1 saturated heterocycles. The summed E-state index contributed by atoms with van der Waals surface area (Å²) in [6.45, 7) is 1.21. The number of aromatic nitrogens is 3. The Balaban J connectivity index is 2.08. The standard InChI is InChI=1S/C14H14FN3O3/c15-10-3-1-9(2-4-10)13-12(14(19)20)16-17-18(13)11-5-7-21-8-6-11/h1-4,11H,5-8H2,(H,19,20). The first-order chi connectivity index (χ1) is 10.2. The van der Waals surface area contributed by atoms with E-state index in [0.717, 1.165) is 12.8 Å². The van der Waals surface area contributed by atoms with Gasteiger partial charge in [0.2, 0.25) is 0 Å². The summed E-state index contributed by atoms with van der Waals surface area (Å²) in [7, 11) is 0. The second-order valence-corrected chi connectivity index (χ2v) is 4.89. The number of carboxylic acids is 1. The molecule has 21 heavy (non-hydrogen) atoms. The number of nitrogens with zero attached hydrogens (tertiary/aromatic N) is 3. The van der Waals surface area contributed by atoms with Gasteiger partial charge in [-0.05, 0) is 37.1 Å². The molecule has 2 aromatic rings. The fourth-order valence-corrected chi connectivity index (χ4v) is 2.50. The van der Waals surface area contributed by atoms with Crippen LogP contribution in [0.3, 0.4) is 0 Å². The second kappa shape index (κ2) is 5.61. The van der Waals surface area contributed by atoms with Crippen LogP contribution in [-0.4, -0.2) is 39.3 Å². The number of rotatable bonds is 3. The van der Waals surface area contributed by atoms with Crippen molar-refractivity contribution in [3.63, 3.8) is 0 Å². The van der Waals surface area contributed by atoms with Crippen LogP contribution < -0.4 is 0 Å². The van der Waals surface area contributed by atoms with E-state index < -0.39 is 5.97 Å². The maximum Gasteiger partial charge on any atom is 0.358 e. The van der Waals surface area contributed by atoms with Crippen LogP contribution in [0.5, 0.6) is 0 Å². The monoisotopic (exact) mass is 291 g/mol. The van der Waals surface area contributed by atoms with Gasteiger partial charge >= 0.3 is 5.97 Å². The maximum atomic E-state index is 13.1. The molecular weight excluding hydrogens is 277 g/mol. The van der Waals surface area contributed by atoms with Gasteiger partial charge in [-0.3, -0.25) is 0 Å². The molecule has 1 aliphatic heterocycles. The molecule has 7 heteroatoms. The zero-order chi connectivity index (χ0) is 14.8. The summed E-state index contributed by atoms with van der Waals surface area (Å²) in [6, 6.07) is 5.70. The average Bonchev–Trinajstić information content (AvgIpc) is 2.94. The Morgan fingerprint density at radius 2 is 1.95 bits per heavy atom. The predicted molar refractivity (Wildman–Crippen MR) is 71.5 cm³/mol. The smallest absolute Gasteiger partial charge is 0.358 e. The third-order valence-electron chi connectivity index (χ3n) is 3.55. The van der Waals surface area contributed by atoms with Crippen molar-refractivity contribution in [2.45, 2.75) is 18.9 Å². The molecule has 0 unspecified atom stereocenters. The molecule has 110 valence electrons. The lowest BCUT2D eigenvalue weighted by Crippen LogP contribution is -2.21. The first kappa shape index (κ1) is 13.7. The normalized spacial score (nSPS) is 16.0. The number of hydrogen-bond acceptors (Lipinski definition) is 4. The molecule has 6 nitrogen and oxygen atoms in total. The molecule has 1 aliphatic rings. The van der Waals surface area contributed by atoms with E-state index in [0.29, 0.717) is 24.5 Å². The summed E-state index contributed by atoms with van der Waals surface area (Å²) in [5, 5.41) is 17.0. The number of hydrogen-bond donors (Lipinski definition) is 1. The number of ether oxygens (including phenoxy) is 1. The van der Waals surface area contributed by atoms with Crippen LogP contribution in [0, 0.1) is 5.82 Å². The molecule has 3 rings (SSSR count). The van der Waals surface area contributed by atoms with Crippen LogP contribution in [0.15, 0.2) is 24.3 Å². The Bertz CT molecular complexity index is 648. The van der Waals surface area contributed by atoms with Gasteiger partial charge in [0, 0.05) is 18.8 Å². The maximum absolute atomic E-state index is 13.1. The van der Waals surface area contributed by atoms with E-state index in [1.807, 2.05) is 0 Å². The molecule has 0 spiro atoms. The molecule has 0 aliphatic carbocycles. The first-order valence-electron chi connectivity index (χ1n) is 6.69. The molecule has 1 aromatic heterocycles. The molecular formula is C14H14FN3O3. The van der Waals surface area contributed by atoms with Crippen molar-refractivity contribution in [2.75, 3.05) is 13.2 Å². The molecule has 2 heterocycles. The second-order valence-electron chi connectivity index (χ2n) is 4.89. The number of carbonyl (C=O) groups is 1. The molecule has 0 amide bonds. The van der Waals surface area contributed by atoms with Crippen LogP contribution in [-0.2, 0) is 4.74 Å². The van der Waals surface area contributed by atoms with Gasteiger partial charge in [0.25, 0.3) is 0 Å². The first-order valence-corrected chi connectivity index (χ1v) is 6.69. The van der Waals surface area contributed by atoms with E-state index in [9.17, 15) is 14.3 Å². The lowest BCUT2D eigenvalue weighted by atomic mass is 10.1. The van der Waals surface area contributed by atoms with E-state index in [1.165, 1.54) is 24.3 Å². The summed E-state index contributed by atoms with van der Waals surface area (Å²) in [5.41, 5.74) is 0.882. The molecule has 1 fully saturated rings. The van der Waals surface area contributed by atoms with E-state index >= 15 is 0 Å². The Kier molecular flexibility index (Phi) is 3.66. The van der Waals surface area contributed by atoms with Gasteiger partial charge in [-0.15, -0.1) is 5.10 Å². The minimum absolute atomic E-state index is 0.0411. The van der Waals surface area contributed by atoms with Gasteiger partial charge in [-0.1, -0.05) is 5.21 Å². The zero-order valence-corrected chi connectivity index (χ0v) is 11.2. The Hall–Kier alpha value is -2.28. The van der Waals surface area contributed by atoms with Crippen LogP contribution >= 0.6 is 0 Å². The number of aromatic carboxylic acids is 1. The van der Waals surface area contributed by atoms with Crippen molar-refractivity contribution in [3.05, 3.63) is 35.8 Å². The minimum Gasteiger partial charge on any atom is -0.476 e. The molecule has 0 atom stereocenters. The van der Waals surface area contributed by atoms with Crippen molar-refractivity contribution in [2.24, 2.45) is 0 Å². The highest BCUT2D eigenvalue weighted by Crippen LogP contribution is 2.29. The highest BCUT2D eigenvalue weighted by atomic mass is 19.1. The van der Waals surface area contributed by atoms with Crippen LogP contribution in [0.1, 0.15) is 29.4 Å². The Morgan fingerprint density at radius 3 is 2.57 bits per heavy atom. The van der Waals surface area contributed by atoms with Crippen LogP contribution in [0.2, 0.25) is 0 Å². The third kappa shape index (κ3) is 2.64. The molecule has 1 aromatic carbocycles. The van der Waals surface area contributed by atoms with E-state index in [2.05, 4.69) is 10.3 Å². The van der Waals surface area contributed by atoms with Crippen molar-refractivity contribution >= 4 is 5.97 Å². The summed E-state index contributed by atoms with van der Waals surface area (Å²) in [4.78, 5) is 11.3. The topological polar surface area (TPSA) is 77.2 Å². The average molecular weight is 291 g/mol. The van der Waals surface area contributed by atoms with Crippen LogP contribution in [0.4, 0.5) is 4.39 Å². The van der Waals surface area contributed by atoms with E-state index in [1.54, 1.807) is 4.68 Å². The number of halogens is 1. The zero-order valence-electron chi connectivity index (χ0n) is 11.2. The van der Waals surface area contributed by atoms with Gasteiger partial charge in [0.1, 0.15) is 11.5 Å². The van der Waals surface area contributed by atoms with Crippen molar-refractivity contribution in [1.29, 1.82) is 0 Å². The van der Waals surface area contributed by atoms with E-state index in [-0.39, 0.29) is 17.6 Å². The van der Waals surface area contributed by atoms with Gasteiger partial charge in [0.05, 0.1) is 6.04 Å². The predicted octanol–water partition coefficient (Wildman–Crippen LogP) is 2.13. The number of carboxylic acid groups (broad SMARTS) is 1. The lowest BCUT2D eigenvalue weighted by Gasteiger charge is -2.23. The Morgan fingerprint density at radius 1 is 1.29 bits per heavy atom. The van der Waals surface area contributed by atoms with Gasteiger partial charge in [0.15, 0.2) is 5.69 Å². The van der Waals surface area contributed by atoms with Gasteiger partial charge < -0.3 is 9.84 Å². The summed E-state index contributed by atoms with van der Waals surface area (Å²) in [6.07, 6.45) is 1.49. The highest BCUT2D eigenvalue weighted by Gasteiger charge is 2.26. The highest BCUT2D eigenvalue weighted by molar-refractivity contribution is 5.92. The van der Waals surface area contributed by atoms with Crippen molar-refractivity contribution in [1.82, 2.24) is 15.0 Å². The largest absolute Gasteiger partial charge is 0.476 e. The SMILES string of the molecule is O=C(O)c1nnn(C2CCOCC2)c1-c1ccc(F)cc1. The van der Waals surface area contributed by atoms with Crippen molar-refractivity contribution < 1.29 is 19.0 Å². The summed E-state index contributed by atoms with van der Waals surface area (Å²) < 4.78 is 20.0. The van der Waals surface area contributed by atoms with E-state index in [4.69, 9.17) is 4.74 Å². The fourth-order valence-electron chi connectivity index (χ4n) is 2.50. The molecule has 0 saturated carbocycles. The lowest BCUT2D eigenvalue weighted by molar-refractivity contribution is 0.0662. The molecule has 0 bridgehead atoms. The Labute approximate surface area is 120 Å². The quantitative estimate of drug-likeness (QED) is 0.937. The van der Waals surface area contributed by atoms with Crippen molar-refractivity contribution in [3.8, 4) is 11.3 Å². The molecule has 1 N–H and O–H groups in total. The van der Waals surface area contributed by atoms with Gasteiger partial charge in [-0.2, -0.15) is 0 Å². The summed E-state index contributed by atoms with van der Waals surface area (Å²) >= 11 is 0. The number of benzene rings is 1. The minimum atomic E-state index is -1.15. The fraction of sp³-hybridized carbons (Fsp3) is 0.357. The van der Waals surface area contributed by atoms with Gasteiger partial charge in [-0.25, -0.2) is 13.9 Å². The molecule has 0 radical (unpaired) electrons. The third-order valence-corrected chi connectivity index (χ3v) is 3.55.